The van der Waals surface area contributed by atoms with Gasteiger partial charge in [-0.3, -0.25) is 0 Å². The lowest BCUT2D eigenvalue weighted by atomic mass is 10.1. The number of rotatable bonds is 3. The molecule has 0 atom stereocenters. The van der Waals surface area contributed by atoms with E-state index in [0.717, 1.165) is 10.8 Å². The molecular formula is C16H14N2S. The Hall–Kier alpha value is -1.87. The Bertz CT molecular complexity index is 728. The molecular weight excluding hydrogens is 252 g/mol. The van der Waals surface area contributed by atoms with Gasteiger partial charge in [0, 0.05) is 17.0 Å². The van der Waals surface area contributed by atoms with Gasteiger partial charge in [-0.05, 0) is 29.7 Å². The van der Waals surface area contributed by atoms with E-state index >= 15 is 0 Å². The van der Waals surface area contributed by atoms with Gasteiger partial charge in [-0.25, -0.2) is 4.98 Å². The lowest BCUT2D eigenvalue weighted by Gasteiger charge is -2.01. The van der Waals surface area contributed by atoms with Crippen molar-refractivity contribution < 1.29 is 0 Å². The third-order valence-electron chi connectivity index (χ3n) is 3.45. The van der Waals surface area contributed by atoms with Gasteiger partial charge in [0.15, 0.2) is 5.13 Å². The number of fused-ring (bicyclic) bond motifs is 1. The molecule has 0 spiro atoms. The van der Waals surface area contributed by atoms with Crippen molar-refractivity contribution in [1.29, 1.82) is 0 Å². The smallest absolute Gasteiger partial charge is 0.183 e. The quantitative estimate of drug-likeness (QED) is 0.753. The van der Waals surface area contributed by atoms with E-state index in [2.05, 4.69) is 58.1 Å². The van der Waals surface area contributed by atoms with Crippen LogP contribution in [-0.2, 0) is 0 Å². The normalized spacial score (nSPS) is 14.7. The maximum Gasteiger partial charge on any atom is 0.183 e. The van der Waals surface area contributed by atoms with Gasteiger partial charge in [0.1, 0.15) is 0 Å². The Morgan fingerprint density at radius 2 is 1.89 bits per heavy atom. The first-order valence-corrected chi connectivity index (χ1v) is 7.48. The van der Waals surface area contributed by atoms with Crippen molar-refractivity contribution in [3.8, 4) is 11.3 Å². The van der Waals surface area contributed by atoms with Gasteiger partial charge in [-0.1, -0.05) is 36.4 Å². The fraction of sp³-hybridized carbons (Fsp3) is 0.188. The molecule has 1 N–H and O–H groups in total. The molecule has 3 heteroatoms. The Morgan fingerprint density at radius 3 is 2.74 bits per heavy atom. The highest BCUT2D eigenvalue weighted by Gasteiger charge is 2.22. The summed E-state index contributed by atoms with van der Waals surface area (Å²) in [5.41, 5.74) is 2.26. The SMILES string of the molecule is c1ccc2cc(-c3csc(NC4CC4)n3)ccc2c1. The first-order chi connectivity index (χ1) is 9.38. The van der Waals surface area contributed by atoms with Crippen LogP contribution in [0.5, 0.6) is 0 Å². The minimum Gasteiger partial charge on any atom is -0.359 e. The van der Waals surface area contributed by atoms with E-state index in [1.165, 1.54) is 29.2 Å². The lowest BCUT2D eigenvalue weighted by molar-refractivity contribution is 1.14. The van der Waals surface area contributed by atoms with Crippen molar-refractivity contribution in [2.45, 2.75) is 18.9 Å². The summed E-state index contributed by atoms with van der Waals surface area (Å²) in [5.74, 6) is 0. The third kappa shape index (κ3) is 2.22. The van der Waals surface area contributed by atoms with Gasteiger partial charge in [-0.2, -0.15) is 0 Å². The average molecular weight is 266 g/mol. The van der Waals surface area contributed by atoms with Crippen LogP contribution in [0, 0.1) is 0 Å². The first-order valence-electron chi connectivity index (χ1n) is 6.60. The van der Waals surface area contributed by atoms with Crippen LogP contribution >= 0.6 is 11.3 Å². The minimum atomic E-state index is 0.663. The molecule has 19 heavy (non-hydrogen) atoms. The maximum atomic E-state index is 4.67. The van der Waals surface area contributed by atoms with E-state index in [1.54, 1.807) is 11.3 Å². The Balaban J connectivity index is 1.70. The van der Waals surface area contributed by atoms with Crippen LogP contribution in [0.15, 0.2) is 47.8 Å². The Morgan fingerprint density at radius 1 is 1.05 bits per heavy atom. The number of hydrogen-bond donors (Lipinski definition) is 1. The Labute approximate surface area is 116 Å². The van der Waals surface area contributed by atoms with E-state index in [9.17, 15) is 0 Å². The standard InChI is InChI=1S/C16H14N2S/c1-2-4-12-9-13(6-5-11(12)3-1)15-10-19-16(18-15)17-14-7-8-14/h1-6,9-10,14H,7-8H2,(H,17,18). The molecule has 2 nitrogen and oxygen atoms in total. The van der Waals surface area contributed by atoms with Crippen LogP contribution < -0.4 is 5.32 Å². The molecule has 1 aliphatic carbocycles. The van der Waals surface area contributed by atoms with Gasteiger partial charge < -0.3 is 5.32 Å². The molecule has 0 amide bonds. The highest BCUT2D eigenvalue weighted by molar-refractivity contribution is 7.14. The molecule has 1 aromatic heterocycles. The summed E-state index contributed by atoms with van der Waals surface area (Å²) in [6, 6.07) is 15.6. The molecule has 4 rings (SSSR count). The van der Waals surface area contributed by atoms with Gasteiger partial charge in [0.2, 0.25) is 0 Å². The first kappa shape index (κ1) is 11.0. The summed E-state index contributed by atoms with van der Waals surface area (Å²) in [6.07, 6.45) is 2.57. The van der Waals surface area contributed by atoms with Crippen LogP contribution in [0.4, 0.5) is 5.13 Å². The number of nitrogens with one attached hydrogen (secondary N) is 1. The van der Waals surface area contributed by atoms with Gasteiger partial charge in [0.05, 0.1) is 5.69 Å². The van der Waals surface area contributed by atoms with Crippen LogP contribution in [0.1, 0.15) is 12.8 Å². The highest BCUT2D eigenvalue weighted by Crippen LogP contribution is 2.30. The highest BCUT2D eigenvalue weighted by atomic mass is 32.1. The van der Waals surface area contributed by atoms with Gasteiger partial charge in [0.25, 0.3) is 0 Å². The summed E-state index contributed by atoms with van der Waals surface area (Å²) in [4.78, 5) is 4.67. The van der Waals surface area contributed by atoms with Crippen molar-refractivity contribution in [3.05, 3.63) is 47.8 Å². The average Bonchev–Trinajstić information content (AvgIpc) is 3.14. The summed E-state index contributed by atoms with van der Waals surface area (Å²) in [6.45, 7) is 0. The van der Waals surface area contributed by atoms with E-state index in [4.69, 9.17) is 0 Å². The van der Waals surface area contributed by atoms with Gasteiger partial charge >= 0.3 is 0 Å². The zero-order valence-corrected chi connectivity index (χ0v) is 11.3. The summed E-state index contributed by atoms with van der Waals surface area (Å²) in [7, 11) is 0. The molecule has 3 aromatic rings. The molecule has 0 aliphatic heterocycles. The monoisotopic (exact) mass is 266 g/mol. The number of anilines is 1. The molecule has 94 valence electrons. The van der Waals surface area contributed by atoms with E-state index < -0.39 is 0 Å². The van der Waals surface area contributed by atoms with Crippen LogP contribution in [0.2, 0.25) is 0 Å². The molecule has 1 aliphatic rings. The second-order valence-electron chi connectivity index (χ2n) is 5.02. The molecule has 2 aromatic carbocycles. The number of hydrogen-bond acceptors (Lipinski definition) is 3. The predicted octanol–water partition coefficient (Wildman–Crippen LogP) is 4.54. The van der Waals surface area contributed by atoms with Gasteiger partial charge in [-0.15, -0.1) is 11.3 Å². The molecule has 0 saturated heterocycles. The maximum absolute atomic E-state index is 4.67. The molecule has 0 radical (unpaired) electrons. The van der Waals surface area contributed by atoms with E-state index in [-0.39, 0.29) is 0 Å². The van der Waals surface area contributed by atoms with Crippen molar-refractivity contribution >= 4 is 27.2 Å². The van der Waals surface area contributed by atoms with Crippen molar-refractivity contribution in [2.75, 3.05) is 5.32 Å². The lowest BCUT2D eigenvalue weighted by Crippen LogP contribution is -1.99. The topological polar surface area (TPSA) is 24.9 Å². The fourth-order valence-corrected chi connectivity index (χ4v) is 3.02. The zero-order chi connectivity index (χ0) is 12.7. The largest absolute Gasteiger partial charge is 0.359 e. The van der Waals surface area contributed by atoms with E-state index in [0.29, 0.717) is 6.04 Å². The number of thiazole rings is 1. The number of benzene rings is 2. The number of aromatic nitrogens is 1. The molecule has 1 fully saturated rings. The van der Waals surface area contributed by atoms with Crippen molar-refractivity contribution in [1.82, 2.24) is 4.98 Å². The summed E-state index contributed by atoms with van der Waals surface area (Å²) < 4.78 is 0. The minimum absolute atomic E-state index is 0.663. The second-order valence-corrected chi connectivity index (χ2v) is 5.88. The molecule has 0 unspecified atom stereocenters. The fourth-order valence-electron chi connectivity index (χ4n) is 2.22. The predicted molar refractivity (Wildman–Crippen MR) is 81.7 cm³/mol. The zero-order valence-electron chi connectivity index (χ0n) is 10.5. The third-order valence-corrected chi connectivity index (χ3v) is 4.23. The Kier molecular flexibility index (Phi) is 2.52. The van der Waals surface area contributed by atoms with E-state index in [1.807, 2.05) is 0 Å². The summed E-state index contributed by atoms with van der Waals surface area (Å²) in [5, 5.41) is 9.18. The molecule has 1 heterocycles. The van der Waals surface area contributed by atoms with Crippen molar-refractivity contribution in [2.24, 2.45) is 0 Å². The van der Waals surface area contributed by atoms with Crippen molar-refractivity contribution in [3.63, 3.8) is 0 Å². The molecule has 0 bridgehead atoms. The number of nitrogens with zero attached hydrogens (tertiary/aromatic N) is 1. The van der Waals surface area contributed by atoms with Crippen LogP contribution in [0.25, 0.3) is 22.0 Å². The van der Waals surface area contributed by atoms with Crippen LogP contribution in [0.3, 0.4) is 0 Å². The summed E-state index contributed by atoms with van der Waals surface area (Å²) >= 11 is 1.70. The second kappa shape index (κ2) is 4.35. The molecule has 1 saturated carbocycles. The van der Waals surface area contributed by atoms with Crippen LogP contribution in [-0.4, -0.2) is 11.0 Å².